The van der Waals surface area contributed by atoms with Crippen LogP contribution in [0.4, 0.5) is 0 Å². The van der Waals surface area contributed by atoms with Crippen molar-refractivity contribution in [2.45, 2.75) is 19.9 Å². The van der Waals surface area contributed by atoms with Crippen LogP contribution in [0.5, 0.6) is 0 Å². The van der Waals surface area contributed by atoms with Crippen LogP contribution in [0.2, 0.25) is 0 Å². The van der Waals surface area contributed by atoms with Crippen molar-refractivity contribution in [2.75, 3.05) is 33.4 Å². The molecule has 0 radical (unpaired) electrons. The Morgan fingerprint density at radius 3 is 2.82 bits per heavy atom. The summed E-state index contributed by atoms with van der Waals surface area (Å²) in [5, 5.41) is 6.39. The zero-order valence-corrected chi connectivity index (χ0v) is 10.5. The maximum atomic E-state index is 11.7. The van der Waals surface area contributed by atoms with Gasteiger partial charge in [0.1, 0.15) is 6.04 Å². The van der Waals surface area contributed by atoms with Gasteiger partial charge in [-0.15, -0.1) is 0 Å². The number of rotatable bonds is 9. The van der Waals surface area contributed by atoms with Gasteiger partial charge in [0.05, 0.1) is 13.2 Å². The summed E-state index contributed by atoms with van der Waals surface area (Å²) >= 11 is 0. The van der Waals surface area contributed by atoms with E-state index in [1.54, 1.807) is 14.0 Å². The number of carbonyl (C=O) groups excluding carboxylic acids is 1. The lowest BCUT2D eigenvalue weighted by Crippen LogP contribution is -2.45. The molecule has 0 aromatic rings. The van der Waals surface area contributed by atoms with E-state index in [0.29, 0.717) is 26.3 Å². The number of hydrogen-bond acceptors (Lipinski definition) is 5. The van der Waals surface area contributed by atoms with Crippen molar-refractivity contribution in [3.05, 3.63) is 10.4 Å². The Hall–Kier alpha value is -1.30. The normalized spacial score (nSPS) is 13.6. The third-order valence-electron chi connectivity index (χ3n) is 2.18. The van der Waals surface area contributed by atoms with E-state index in [1.807, 2.05) is 6.92 Å². The Morgan fingerprint density at radius 2 is 2.29 bits per heavy atom. The fraction of sp³-hybridized carbons (Fsp3) is 0.900. The Morgan fingerprint density at radius 1 is 1.59 bits per heavy atom. The lowest BCUT2D eigenvalue weighted by atomic mass is 10.0. The van der Waals surface area contributed by atoms with Gasteiger partial charge in [0.2, 0.25) is 0 Å². The molecular formula is C10H20N4O3. The minimum atomic E-state index is -0.441. The first-order chi connectivity index (χ1) is 8.17. The van der Waals surface area contributed by atoms with Crippen molar-refractivity contribution >= 4 is 5.97 Å². The molecule has 0 amide bonds. The molecular weight excluding hydrogens is 224 g/mol. The van der Waals surface area contributed by atoms with Gasteiger partial charge < -0.3 is 14.8 Å². The summed E-state index contributed by atoms with van der Waals surface area (Å²) in [6.45, 7) is 5.18. The molecule has 0 saturated heterocycles. The fourth-order valence-corrected chi connectivity index (χ4v) is 1.42. The number of hydrogen-bond donors (Lipinski definition) is 1. The highest BCUT2D eigenvalue weighted by Crippen LogP contribution is 2.05. The molecule has 0 spiro atoms. The van der Waals surface area contributed by atoms with Gasteiger partial charge in [0, 0.05) is 31.0 Å². The van der Waals surface area contributed by atoms with E-state index in [9.17, 15) is 4.79 Å². The molecule has 1 N–H and O–H groups in total. The highest BCUT2D eigenvalue weighted by molar-refractivity contribution is 5.76. The van der Waals surface area contributed by atoms with Crippen molar-refractivity contribution in [3.63, 3.8) is 0 Å². The molecule has 0 aliphatic rings. The number of carbonyl (C=O) groups is 1. The van der Waals surface area contributed by atoms with Gasteiger partial charge in [-0.05, 0) is 12.5 Å². The minimum Gasteiger partial charge on any atom is -0.465 e. The molecule has 98 valence electrons. The summed E-state index contributed by atoms with van der Waals surface area (Å²) in [5.41, 5.74) is 8.14. The second-order valence-electron chi connectivity index (χ2n) is 3.57. The van der Waals surface area contributed by atoms with Crippen LogP contribution < -0.4 is 5.32 Å². The van der Waals surface area contributed by atoms with Gasteiger partial charge in [-0.2, -0.15) is 0 Å². The SMILES string of the molecule is CCOC(=O)C(NCCN=[N+]=[N-])C(C)COC. The summed E-state index contributed by atoms with van der Waals surface area (Å²) in [6, 6.07) is -0.441. The molecule has 0 heterocycles. The molecule has 0 aromatic carbocycles. The Labute approximate surface area is 101 Å². The van der Waals surface area contributed by atoms with Gasteiger partial charge in [-0.1, -0.05) is 12.0 Å². The third kappa shape index (κ3) is 6.78. The van der Waals surface area contributed by atoms with Crippen LogP contribution in [0.1, 0.15) is 13.8 Å². The highest BCUT2D eigenvalue weighted by Gasteiger charge is 2.25. The molecule has 2 atom stereocenters. The first kappa shape index (κ1) is 15.7. The van der Waals surface area contributed by atoms with E-state index >= 15 is 0 Å². The summed E-state index contributed by atoms with van der Waals surface area (Å²) in [4.78, 5) is 14.3. The van der Waals surface area contributed by atoms with Crippen molar-refractivity contribution in [1.82, 2.24) is 5.32 Å². The number of esters is 1. The average molecular weight is 244 g/mol. The topological polar surface area (TPSA) is 96.3 Å². The predicted octanol–water partition coefficient (Wildman–Crippen LogP) is 1.10. The number of ether oxygens (including phenoxy) is 2. The maximum absolute atomic E-state index is 11.7. The predicted molar refractivity (Wildman–Crippen MR) is 63.5 cm³/mol. The molecule has 0 aliphatic carbocycles. The second kappa shape index (κ2) is 9.89. The van der Waals surface area contributed by atoms with Crippen LogP contribution in [-0.2, 0) is 14.3 Å². The molecule has 0 saturated carbocycles. The number of azide groups is 1. The molecule has 7 heteroatoms. The smallest absolute Gasteiger partial charge is 0.323 e. The molecule has 0 rings (SSSR count). The number of nitrogens with zero attached hydrogens (tertiary/aromatic N) is 3. The molecule has 0 aromatic heterocycles. The van der Waals surface area contributed by atoms with E-state index in [4.69, 9.17) is 15.0 Å². The van der Waals surface area contributed by atoms with E-state index in [0.717, 1.165) is 0 Å². The van der Waals surface area contributed by atoms with Crippen LogP contribution in [0.3, 0.4) is 0 Å². The summed E-state index contributed by atoms with van der Waals surface area (Å²) < 4.78 is 9.98. The van der Waals surface area contributed by atoms with Crippen LogP contribution in [0, 0.1) is 5.92 Å². The van der Waals surface area contributed by atoms with E-state index in [2.05, 4.69) is 15.3 Å². The Balaban J connectivity index is 4.28. The maximum Gasteiger partial charge on any atom is 0.323 e. The van der Waals surface area contributed by atoms with Crippen molar-refractivity contribution < 1.29 is 14.3 Å². The van der Waals surface area contributed by atoms with E-state index in [-0.39, 0.29) is 11.9 Å². The molecule has 0 aliphatic heterocycles. The Kier molecular flexibility index (Phi) is 9.14. The fourth-order valence-electron chi connectivity index (χ4n) is 1.42. The number of nitrogens with one attached hydrogen (secondary N) is 1. The standard InChI is InChI=1S/C10H20N4O3/c1-4-17-10(15)9(8(2)7-16-3)12-5-6-13-14-11/h8-9,12H,4-7H2,1-3H3. The zero-order chi connectivity index (χ0) is 13.1. The van der Waals surface area contributed by atoms with E-state index < -0.39 is 6.04 Å². The van der Waals surface area contributed by atoms with Gasteiger partial charge in [0.25, 0.3) is 0 Å². The van der Waals surface area contributed by atoms with Crippen molar-refractivity contribution in [2.24, 2.45) is 11.0 Å². The molecule has 0 fully saturated rings. The van der Waals surface area contributed by atoms with Crippen LogP contribution in [0.25, 0.3) is 10.4 Å². The Bertz CT molecular complexity index is 266. The monoisotopic (exact) mass is 244 g/mol. The van der Waals surface area contributed by atoms with Gasteiger partial charge in [0.15, 0.2) is 0 Å². The summed E-state index contributed by atoms with van der Waals surface area (Å²) in [6.07, 6.45) is 0. The molecule has 17 heavy (non-hydrogen) atoms. The lowest BCUT2D eigenvalue weighted by Gasteiger charge is -2.22. The second-order valence-corrected chi connectivity index (χ2v) is 3.57. The van der Waals surface area contributed by atoms with Crippen molar-refractivity contribution in [3.8, 4) is 0 Å². The molecule has 7 nitrogen and oxygen atoms in total. The minimum absolute atomic E-state index is 0.00915. The summed E-state index contributed by atoms with van der Waals surface area (Å²) in [5.74, 6) is -0.317. The first-order valence-electron chi connectivity index (χ1n) is 5.57. The van der Waals surface area contributed by atoms with E-state index in [1.165, 1.54) is 0 Å². The average Bonchev–Trinajstić information content (AvgIpc) is 2.29. The van der Waals surface area contributed by atoms with Crippen molar-refractivity contribution in [1.29, 1.82) is 0 Å². The van der Waals surface area contributed by atoms with Gasteiger partial charge in [-0.25, -0.2) is 0 Å². The molecule has 2 unspecified atom stereocenters. The van der Waals surface area contributed by atoms with Crippen LogP contribution in [-0.4, -0.2) is 45.4 Å². The third-order valence-corrected chi connectivity index (χ3v) is 2.18. The first-order valence-corrected chi connectivity index (χ1v) is 5.57. The lowest BCUT2D eigenvalue weighted by molar-refractivity contribution is -0.147. The van der Waals surface area contributed by atoms with Gasteiger partial charge >= 0.3 is 5.97 Å². The molecule has 0 bridgehead atoms. The number of methoxy groups -OCH3 is 1. The quantitative estimate of drug-likeness (QED) is 0.216. The van der Waals surface area contributed by atoms with Crippen LogP contribution >= 0.6 is 0 Å². The summed E-state index contributed by atoms with van der Waals surface area (Å²) in [7, 11) is 1.58. The largest absolute Gasteiger partial charge is 0.465 e. The van der Waals surface area contributed by atoms with Crippen LogP contribution in [0.15, 0.2) is 5.11 Å². The highest BCUT2D eigenvalue weighted by atomic mass is 16.5. The zero-order valence-electron chi connectivity index (χ0n) is 10.5. The van der Waals surface area contributed by atoms with Gasteiger partial charge in [-0.3, -0.25) is 4.79 Å².